The second-order valence-corrected chi connectivity index (χ2v) is 21.7. The summed E-state index contributed by atoms with van der Waals surface area (Å²) in [4.78, 5) is 38.1. The van der Waals surface area contributed by atoms with Crippen molar-refractivity contribution < 1.29 is 28.6 Å². The van der Waals surface area contributed by atoms with Crippen molar-refractivity contribution in [2.45, 2.75) is 330 Å². The SMILES string of the molecule is CC(C)CCCCCCCCCCCCCCCCCC(=O)O[C@@H](COC(=O)CCCCCCCCCCCCCCCCC(C)C)COC(=O)CCCCCCCCCCCC(C)C. The third-order valence-corrected chi connectivity index (χ3v) is 13.4. The summed E-state index contributed by atoms with van der Waals surface area (Å²) in [6.07, 6.45) is 52.4. The summed E-state index contributed by atoms with van der Waals surface area (Å²) in [7, 11) is 0. The van der Waals surface area contributed by atoms with Crippen LogP contribution in [0.15, 0.2) is 0 Å². The Morgan fingerprint density at radius 2 is 0.446 bits per heavy atom. The average molecular weight is 920 g/mol. The molecule has 0 fully saturated rings. The average Bonchev–Trinajstić information content (AvgIpc) is 3.26. The lowest BCUT2D eigenvalue weighted by molar-refractivity contribution is -0.167. The zero-order chi connectivity index (χ0) is 47.7. The van der Waals surface area contributed by atoms with Crippen LogP contribution in [-0.4, -0.2) is 37.2 Å². The van der Waals surface area contributed by atoms with Gasteiger partial charge in [0.25, 0.3) is 0 Å². The maximum absolute atomic E-state index is 12.9. The van der Waals surface area contributed by atoms with Crippen LogP contribution in [0.3, 0.4) is 0 Å². The minimum absolute atomic E-state index is 0.0636. The van der Waals surface area contributed by atoms with Gasteiger partial charge in [-0.3, -0.25) is 14.4 Å². The van der Waals surface area contributed by atoms with Gasteiger partial charge in [0.05, 0.1) is 0 Å². The third kappa shape index (κ3) is 53.2. The highest BCUT2D eigenvalue weighted by Crippen LogP contribution is 2.18. The second-order valence-electron chi connectivity index (χ2n) is 21.7. The number of hydrogen-bond donors (Lipinski definition) is 0. The van der Waals surface area contributed by atoms with E-state index in [0.29, 0.717) is 19.3 Å². The maximum Gasteiger partial charge on any atom is 0.306 e. The highest BCUT2D eigenvalue weighted by atomic mass is 16.6. The molecular formula is C59H114O6. The highest BCUT2D eigenvalue weighted by molar-refractivity contribution is 5.71. The summed E-state index contributed by atoms with van der Waals surface area (Å²) in [6, 6.07) is 0. The fraction of sp³-hybridized carbons (Fsp3) is 0.949. The lowest BCUT2D eigenvalue weighted by Crippen LogP contribution is -2.30. The van der Waals surface area contributed by atoms with E-state index in [-0.39, 0.29) is 31.1 Å². The molecule has 0 radical (unpaired) electrons. The van der Waals surface area contributed by atoms with Crippen molar-refractivity contribution in [3.63, 3.8) is 0 Å². The molecule has 0 aromatic heterocycles. The molecule has 0 saturated heterocycles. The van der Waals surface area contributed by atoms with Crippen molar-refractivity contribution in [1.29, 1.82) is 0 Å². The standard InChI is InChI=1S/C59H114O6/c1-53(2)45-39-33-27-21-16-12-8-7-9-15-19-25-32-38-44-50-59(62)65-56(52-64-58(61)49-43-37-31-26-20-23-29-35-41-47-55(5)6)51-63-57(60)48-42-36-30-24-18-14-11-10-13-17-22-28-34-40-46-54(3)4/h53-56H,7-52H2,1-6H3/t56-/m0/s1. The molecule has 0 saturated carbocycles. The van der Waals surface area contributed by atoms with E-state index in [9.17, 15) is 14.4 Å². The monoisotopic (exact) mass is 919 g/mol. The topological polar surface area (TPSA) is 78.9 Å². The lowest BCUT2D eigenvalue weighted by Gasteiger charge is -2.18. The van der Waals surface area contributed by atoms with E-state index in [4.69, 9.17) is 14.2 Å². The van der Waals surface area contributed by atoms with Gasteiger partial charge < -0.3 is 14.2 Å². The van der Waals surface area contributed by atoms with Crippen molar-refractivity contribution in [2.75, 3.05) is 13.2 Å². The number of esters is 3. The molecule has 0 aliphatic rings. The van der Waals surface area contributed by atoms with E-state index in [0.717, 1.165) is 75.5 Å². The Morgan fingerprint density at radius 1 is 0.262 bits per heavy atom. The molecule has 0 aromatic rings. The fourth-order valence-electron chi connectivity index (χ4n) is 9.00. The molecule has 1 atom stereocenters. The van der Waals surface area contributed by atoms with Crippen molar-refractivity contribution in [3.8, 4) is 0 Å². The van der Waals surface area contributed by atoms with Crippen LogP contribution >= 0.6 is 0 Å². The lowest BCUT2D eigenvalue weighted by atomic mass is 10.0. The first kappa shape index (κ1) is 63.4. The number of carbonyl (C=O) groups excluding carboxylic acids is 3. The largest absolute Gasteiger partial charge is 0.462 e. The van der Waals surface area contributed by atoms with Gasteiger partial charge in [0.1, 0.15) is 13.2 Å². The van der Waals surface area contributed by atoms with Gasteiger partial charge in [-0.15, -0.1) is 0 Å². The number of ether oxygens (including phenoxy) is 3. The Balaban J connectivity index is 4.28. The van der Waals surface area contributed by atoms with E-state index < -0.39 is 6.10 Å². The molecule has 0 unspecified atom stereocenters. The summed E-state index contributed by atoms with van der Waals surface area (Å²) in [5.74, 6) is 1.66. The first-order valence-electron chi connectivity index (χ1n) is 29.1. The second kappa shape index (κ2) is 50.3. The quantitative estimate of drug-likeness (QED) is 0.0344. The normalized spacial score (nSPS) is 12.1. The fourth-order valence-corrected chi connectivity index (χ4v) is 9.00. The number of hydrogen-bond acceptors (Lipinski definition) is 6. The van der Waals surface area contributed by atoms with E-state index >= 15 is 0 Å². The van der Waals surface area contributed by atoms with Gasteiger partial charge in [-0.05, 0) is 37.0 Å². The van der Waals surface area contributed by atoms with E-state index in [1.807, 2.05) is 0 Å². The van der Waals surface area contributed by atoms with Crippen molar-refractivity contribution in [3.05, 3.63) is 0 Å². The number of carbonyl (C=O) groups is 3. The summed E-state index contributed by atoms with van der Waals surface area (Å²) < 4.78 is 16.9. The first-order chi connectivity index (χ1) is 31.6. The van der Waals surface area contributed by atoms with Gasteiger partial charge in [0.2, 0.25) is 0 Å². The molecular weight excluding hydrogens is 805 g/mol. The van der Waals surface area contributed by atoms with Crippen LogP contribution in [0.4, 0.5) is 0 Å². The molecule has 0 heterocycles. The van der Waals surface area contributed by atoms with Crippen LogP contribution in [0.2, 0.25) is 0 Å². The van der Waals surface area contributed by atoms with Gasteiger partial charge in [-0.25, -0.2) is 0 Å². The van der Waals surface area contributed by atoms with Crippen LogP contribution in [0, 0.1) is 17.8 Å². The molecule has 6 nitrogen and oxygen atoms in total. The van der Waals surface area contributed by atoms with E-state index in [2.05, 4.69) is 41.5 Å². The Morgan fingerprint density at radius 3 is 0.662 bits per heavy atom. The minimum Gasteiger partial charge on any atom is -0.462 e. The summed E-state index contributed by atoms with van der Waals surface area (Å²) in [5.41, 5.74) is 0. The highest BCUT2D eigenvalue weighted by Gasteiger charge is 2.19. The summed E-state index contributed by atoms with van der Waals surface area (Å²) in [5, 5.41) is 0. The molecule has 0 aromatic carbocycles. The van der Waals surface area contributed by atoms with Crippen molar-refractivity contribution in [1.82, 2.24) is 0 Å². The van der Waals surface area contributed by atoms with Gasteiger partial charge >= 0.3 is 17.9 Å². The van der Waals surface area contributed by atoms with Crippen LogP contribution < -0.4 is 0 Å². The minimum atomic E-state index is -0.764. The van der Waals surface area contributed by atoms with E-state index in [1.165, 1.54) is 205 Å². The van der Waals surface area contributed by atoms with Crippen LogP contribution in [-0.2, 0) is 28.6 Å². The molecule has 0 N–H and O–H groups in total. The number of rotatable bonds is 52. The Labute approximate surface area is 406 Å². The van der Waals surface area contributed by atoms with Gasteiger partial charge in [-0.2, -0.15) is 0 Å². The molecule has 0 amide bonds. The first-order valence-corrected chi connectivity index (χ1v) is 29.1. The Kier molecular flexibility index (Phi) is 49.1. The molecule has 0 spiro atoms. The Bertz CT molecular complexity index is 1010. The third-order valence-electron chi connectivity index (χ3n) is 13.4. The predicted molar refractivity (Wildman–Crippen MR) is 279 cm³/mol. The van der Waals surface area contributed by atoms with E-state index in [1.54, 1.807) is 0 Å². The number of unbranched alkanes of at least 4 members (excludes halogenated alkanes) is 35. The van der Waals surface area contributed by atoms with Gasteiger partial charge in [-0.1, -0.05) is 286 Å². The van der Waals surface area contributed by atoms with Crippen molar-refractivity contribution in [2.24, 2.45) is 17.8 Å². The molecule has 65 heavy (non-hydrogen) atoms. The molecule has 0 bridgehead atoms. The zero-order valence-electron chi connectivity index (χ0n) is 44.8. The van der Waals surface area contributed by atoms with Crippen LogP contribution in [0.25, 0.3) is 0 Å². The van der Waals surface area contributed by atoms with Gasteiger partial charge in [0, 0.05) is 19.3 Å². The molecule has 0 aliphatic carbocycles. The zero-order valence-corrected chi connectivity index (χ0v) is 44.8. The Hall–Kier alpha value is -1.59. The summed E-state index contributed by atoms with van der Waals surface area (Å²) in [6.45, 7) is 13.8. The van der Waals surface area contributed by atoms with Crippen LogP contribution in [0.1, 0.15) is 324 Å². The van der Waals surface area contributed by atoms with Crippen molar-refractivity contribution >= 4 is 17.9 Å². The van der Waals surface area contributed by atoms with Gasteiger partial charge in [0.15, 0.2) is 6.10 Å². The molecule has 386 valence electrons. The molecule has 0 aliphatic heterocycles. The smallest absolute Gasteiger partial charge is 0.306 e. The summed E-state index contributed by atoms with van der Waals surface area (Å²) >= 11 is 0. The molecule has 6 heteroatoms. The maximum atomic E-state index is 12.9. The van der Waals surface area contributed by atoms with Crippen LogP contribution in [0.5, 0.6) is 0 Å². The predicted octanol–water partition coefficient (Wildman–Crippen LogP) is 19.1. The molecule has 0 rings (SSSR count).